The van der Waals surface area contributed by atoms with Gasteiger partial charge in [-0.05, 0) is 18.6 Å². The number of rotatable bonds is 6. The number of nitriles is 1. The predicted octanol–water partition coefficient (Wildman–Crippen LogP) is 1.21. The number of aromatic nitrogens is 2. The van der Waals surface area contributed by atoms with Crippen LogP contribution in [0.1, 0.15) is 12.1 Å². The highest BCUT2D eigenvalue weighted by Gasteiger charge is 2.36. The maximum atomic E-state index is 13.0. The molecule has 1 unspecified atom stereocenters. The van der Waals surface area contributed by atoms with Gasteiger partial charge in [-0.25, -0.2) is 18.4 Å². The fraction of sp³-hybridized carbons (Fsp3) is 0.353. The normalized spacial score (nSPS) is 17.3. The van der Waals surface area contributed by atoms with Crippen LogP contribution in [0.25, 0.3) is 0 Å². The summed E-state index contributed by atoms with van der Waals surface area (Å²) in [4.78, 5) is 7.94. The third-order valence-electron chi connectivity index (χ3n) is 4.15. The summed E-state index contributed by atoms with van der Waals surface area (Å²) in [5.41, 5.74) is 0.0654. The largest absolute Gasteiger partial charge is 0.497 e. The monoisotopic (exact) mass is 390 g/mol. The van der Waals surface area contributed by atoms with Gasteiger partial charge in [-0.1, -0.05) is 0 Å². The van der Waals surface area contributed by atoms with E-state index in [9.17, 15) is 8.42 Å². The summed E-state index contributed by atoms with van der Waals surface area (Å²) in [6, 6.07) is 6.45. The van der Waals surface area contributed by atoms with E-state index in [1.165, 1.54) is 43.1 Å². The summed E-state index contributed by atoms with van der Waals surface area (Å²) in [5, 5.41) is 9.06. The van der Waals surface area contributed by atoms with Crippen LogP contribution in [0.2, 0.25) is 0 Å². The molecule has 1 aromatic carbocycles. The van der Waals surface area contributed by atoms with Crippen LogP contribution in [0.3, 0.4) is 0 Å². The van der Waals surface area contributed by atoms with Crippen molar-refractivity contribution in [2.24, 2.45) is 0 Å². The highest BCUT2D eigenvalue weighted by molar-refractivity contribution is 7.89. The lowest BCUT2D eigenvalue weighted by molar-refractivity contribution is 0.205. The molecule has 1 fully saturated rings. The molecule has 0 N–H and O–H groups in total. The Labute approximate surface area is 157 Å². The highest BCUT2D eigenvalue weighted by Crippen LogP contribution is 2.32. The van der Waals surface area contributed by atoms with Crippen molar-refractivity contribution in [2.75, 3.05) is 27.3 Å². The predicted molar refractivity (Wildman–Crippen MR) is 94.1 cm³/mol. The van der Waals surface area contributed by atoms with Crippen LogP contribution in [0, 0.1) is 11.3 Å². The number of nitrogens with zero attached hydrogens (tertiary/aromatic N) is 4. The first-order chi connectivity index (χ1) is 13.0. The quantitative estimate of drug-likeness (QED) is 0.723. The van der Waals surface area contributed by atoms with E-state index in [-0.39, 0.29) is 35.3 Å². The Hall–Kier alpha value is -2.90. The maximum Gasteiger partial charge on any atom is 0.251 e. The van der Waals surface area contributed by atoms with Gasteiger partial charge in [-0.2, -0.15) is 9.57 Å². The maximum absolute atomic E-state index is 13.0. The molecule has 0 aliphatic carbocycles. The zero-order valence-electron chi connectivity index (χ0n) is 14.8. The molecule has 1 atom stereocenters. The van der Waals surface area contributed by atoms with Gasteiger partial charge in [0.25, 0.3) is 5.88 Å². The van der Waals surface area contributed by atoms with Gasteiger partial charge in [0.15, 0.2) is 0 Å². The van der Waals surface area contributed by atoms with E-state index in [4.69, 9.17) is 19.5 Å². The van der Waals surface area contributed by atoms with Gasteiger partial charge in [0.1, 0.15) is 28.6 Å². The number of hydrogen-bond donors (Lipinski definition) is 0. The highest BCUT2D eigenvalue weighted by atomic mass is 32.2. The minimum atomic E-state index is -3.78. The Morgan fingerprint density at radius 3 is 2.70 bits per heavy atom. The van der Waals surface area contributed by atoms with E-state index in [1.807, 2.05) is 6.07 Å². The Morgan fingerprint density at radius 2 is 2.00 bits per heavy atom. The van der Waals surface area contributed by atoms with E-state index in [0.29, 0.717) is 12.2 Å². The molecule has 2 aromatic rings. The fourth-order valence-corrected chi connectivity index (χ4v) is 4.41. The van der Waals surface area contributed by atoms with Gasteiger partial charge < -0.3 is 14.2 Å². The van der Waals surface area contributed by atoms with Crippen molar-refractivity contribution in [2.45, 2.75) is 17.4 Å². The van der Waals surface area contributed by atoms with E-state index in [1.54, 1.807) is 6.07 Å². The summed E-state index contributed by atoms with van der Waals surface area (Å²) in [6.45, 7) is 0.420. The molecule has 9 nitrogen and oxygen atoms in total. The second-order valence-electron chi connectivity index (χ2n) is 5.73. The number of hydrogen-bond acceptors (Lipinski definition) is 8. The van der Waals surface area contributed by atoms with E-state index < -0.39 is 16.1 Å². The Kier molecular flexibility index (Phi) is 5.43. The Balaban J connectivity index is 1.79. The molecule has 0 radical (unpaired) electrons. The van der Waals surface area contributed by atoms with E-state index in [2.05, 4.69) is 9.97 Å². The molecule has 3 rings (SSSR count). The fourth-order valence-electron chi connectivity index (χ4n) is 2.79. The SMILES string of the molecule is COc1ccc(S(=O)(=O)N2CCC(Oc3nccnc3C#N)C2)c(OC)c1. The van der Waals surface area contributed by atoms with Crippen LogP contribution in [-0.2, 0) is 10.0 Å². The van der Waals surface area contributed by atoms with Crippen LogP contribution in [0.5, 0.6) is 17.4 Å². The van der Waals surface area contributed by atoms with Crippen LogP contribution in [0.15, 0.2) is 35.5 Å². The van der Waals surface area contributed by atoms with Crippen LogP contribution in [0.4, 0.5) is 0 Å². The van der Waals surface area contributed by atoms with Crippen LogP contribution >= 0.6 is 0 Å². The number of methoxy groups -OCH3 is 2. The molecule has 27 heavy (non-hydrogen) atoms. The van der Waals surface area contributed by atoms with E-state index >= 15 is 0 Å². The molecule has 1 saturated heterocycles. The van der Waals surface area contributed by atoms with Gasteiger partial charge in [0, 0.05) is 25.0 Å². The zero-order valence-corrected chi connectivity index (χ0v) is 15.6. The molecule has 1 aliphatic rings. The molecule has 10 heteroatoms. The summed E-state index contributed by atoms with van der Waals surface area (Å²) < 4.78 is 43.4. The molecule has 0 bridgehead atoms. The van der Waals surface area contributed by atoms with Crippen molar-refractivity contribution in [3.05, 3.63) is 36.3 Å². The summed E-state index contributed by atoms with van der Waals surface area (Å²) in [5.74, 6) is 0.811. The topological polar surface area (TPSA) is 115 Å². The smallest absolute Gasteiger partial charge is 0.251 e. The van der Waals surface area contributed by atoms with Crippen molar-refractivity contribution >= 4 is 10.0 Å². The van der Waals surface area contributed by atoms with Crippen LogP contribution in [-0.4, -0.2) is 56.1 Å². The van der Waals surface area contributed by atoms with Gasteiger partial charge in [-0.3, -0.25) is 0 Å². The first-order valence-corrected chi connectivity index (χ1v) is 9.53. The van der Waals surface area contributed by atoms with Gasteiger partial charge >= 0.3 is 0 Å². The molecule has 0 amide bonds. The lowest BCUT2D eigenvalue weighted by Crippen LogP contribution is -2.31. The average Bonchev–Trinajstić information content (AvgIpc) is 3.17. The minimum Gasteiger partial charge on any atom is -0.497 e. The number of ether oxygens (including phenoxy) is 3. The van der Waals surface area contributed by atoms with Crippen molar-refractivity contribution in [1.29, 1.82) is 5.26 Å². The molecule has 0 spiro atoms. The third kappa shape index (κ3) is 3.79. The third-order valence-corrected chi connectivity index (χ3v) is 6.05. The molecule has 1 aliphatic heterocycles. The first kappa shape index (κ1) is 18.9. The van der Waals surface area contributed by atoms with E-state index in [0.717, 1.165) is 0 Å². The molecular weight excluding hydrogens is 372 g/mol. The second kappa shape index (κ2) is 7.77. The second-order valence-corrected chi connectivity index (χ2v) is 7.64. The van der Waals surface area contributed by atoms with Crippen molar-refractivity contribution < 1.29 is 22.6 Å². The number of benzene rings is 1. The van der Waals surface area contributed by atoms with Crippen LogP contribution < -0.4 is 14.2 Å². The lowest BCUT2D eigenvalue weighted by atomic mass is 10.3. The molecule has 142 valence electrons. The average molecular weight is 390 g/mol. The number of sulfonamides is 1. The van der Waals surface area contributed by atoms with Gasteiger partial charge in [0.05, 0.1) is 20.8 Å². The summed E-state index contributed by atoms with van der Waals surface area (Å²) in [7, 11) is -0.878. The molecule has 2 heterocycles. The Bertz CT molecular complexity index is 974. The molecule has 1 aromatic heterocycles. The summed E-state index contributed by atoms with van der Waals surface area (Å²) >= 11 is 0. The first-order valence-electron chi connectivity index (χ1n) is 8.09. The standard InChI is InChI=1S/C17H18N4O5S/c1-24-12-3-4-16(15(9-12)25-2)27(22,23)21-8-5-13(11-21)26-17-14(10-18)19-6-7-20-17/h3-4,6-7,9,13H,5,8,11H2,1-2H3. The van der Waals surface area contributed by atoms with Gasteiger partial charge in [-0.15, -0.1) is 0 Å². The lowest BCUT2D eigenvalue weighted by Gasteiger charge is -2.19. The molecular formula is C17H18N4O5S. The van der Waals surface area contributed by atoms with Gasteiger partial charge in [0.2, 0.25) is 15.7 Å². The van der Waals surface area contributed by atoms with Crippen molar-refractivity contribution in [1.82, 2.24) is 14.3 Å². The van der Waals surface area contributed by atoms with Crippen molar-refractivity contribution in [3.63, 3.8) is 0 Å². The van der Waals surface area contributed by atoms with Crippen molar-refractivity contribution in [3.8, 4) is 23.4 Å². The zero-order chi connectivity index (χ0) is 19.4. The summed E-state index contributed by atoms with van der Waals surface area (Å²) in [6.07, 6.45) is 2.86. The minimum absolute atomic E-state index is 0.0590. The molecule has 0 saturated carbocycles. The Morgan fingerprint density at radius 1 is 1.22 bits per heavy atom.